The minimum atomic E-state index is -0.223. The van der Waals surface area contributed by atoms with Gasteiger partial charge < -0.3 is 10.2 Å². The van der Waals surface area contributed by atoms with E-state index < -0.39 is 0 Å². The van der Waals surface area contributed by atoms with Crippen molar-refractivity contribution in [1.82, 2.24) is 10.2 Å². The van der Waals surface area contributed by atoms with Gasteiger partial charge in [-0.25, -0.2) is 0 Å². The summed E-state index contributed by atoms with van der Waals surface area (Å²) in [5, 5.41) is 3.70. The lowest BCUT2D eigenvalue weighted by atomic mass is 10.1. The molecule has 0 saturated heterocycles. The summed E-state index contributed by atoms with van der Waals surface area (Å²) in [4.78, 5) is 25.2. The minimum Gasteiger partial charge on any atom is -0.348 e. The van der Waals surface area contributed by atoms with Crippen LogP contribution in [0.5, 0.6) is 0 Å². The summed E-state index contributed by atoms with van der Waals surface area (Å²) in [6.07, 6.45) is 3.10. The van der Waals surface area contributed by atoms with Gasteiger partial charge >= 0.3 is 0 Å². The second kappa shape index (κ2) is 8.70. The van der Waals surface area contributed by atoms with Crippen LogP contribution in [0.3, 0.4) is 0 Å². The Morgan fingerprint density at radius 3 is 2.32 bits per heavy atom. The van der Waals surface area contributed by atoms with Gasteiger partial charge in [0.1, 0.15) is 0 Å². The quantitative estimate of drug-likeness (QED) is 0.800. The highest BCUT2D eigenvalue weighted by Gasteiger charge is 2.07. The number of hydrogen-bond acceptors (Lipinski definition) is 2. The van der Waals surface area contributed by atoms with Crippen molar-refractivity contribution < 1.29 is 9.59 Å². The second-order valence-electron chi connectivity index (χ2n) is 5.62. The van der Waals surface area contributed by atoms with Crippen LogP contribution in [-0.2, 0) is 11.3 Å². The number of nitrogens with zero attached hydrogens (tertiary/aromatic N) is 1. The van der Waals surface area contributed by atoms with Crippen molar-refractivity contribution in [3.8, 4) is 0 Å². The van der Waals surface area contributed by atoms with Gasteiger partial charge in [-0.15, -0.1) is 0 Å². The van der Waals surface area contributed by atoms with E-state index in [1.807, 2.05) is 12.1 Å². The number of nitrogens with one attached hydrogen (secondary N) is 1. The van der Waals surface area contributed by atoms with Crippen molar-refractivity contribution in [2.45, 2.75) is 6.54 Å². The van der Waals surface area contributed by atoms with E-state index in [4.69, 9.17) is 23.2 Å². The number of halogens is 2. The molecule has 130 valence electrons. The number of benzene rings is 2. The van der Waals surface area contributed by atoms with Crippen LogP contribution in [0, 0.1) is 0 Å². The fourth-order valence-electron chi connectivity index (χ4n) is 2.06. The fourth-order valence-corrected chi connectivity index (χ4v) is 2.37. The monoisotopic (exact) mass is 376 g/mol. The number of carbonyl (C=O) groups is 2. The van der Waals surface area contributed by atoms with E-state index in [0.717, 1.165) is 11.1 Å². The Kier molecular flexibility index (Phi) is 6.62. The highest BCUT2D eigenvalue weighted by Crippen LogP contribution is 2.23. The molecule has 0 bridgehead atoms. The number of hydrogen-bond donors (Lipinski definition) is 1. The van der Waals surface area contributed by atoms with Crippen molar-refractivity contribution in [1.29, 1.82) is 0 Å². The highest BCUT2D eigenvalue weighted by molar-refractivity contribution is 6.42. The Balaban J connectivity index is 1.90. The zero-order valence-electron chi connectivity index (χ0n) is 13.9. The SMILES string of the molecule is CN(C)C(=O)c1ccc(CNC(=O)/C=C/c2ccc(Cl)c(Cl)c2)cc1. The molecule has 1 N–H and O–H groups in total. The Morgan fingerprint density at radius 1 is 1.04 bits per heavy atom. The molecule has 2 aromatic carbocycles. The number of rotatable bonds is 5. The summed E-state index contributed by atoms with van der Waals surface area (Å²) < 4.78 is 0. The van der Waals surface area contributed by atoms with Gasteiger partial charge in [0.05, 0.1) is 10.0 Å². The zero-order chi connectivity index (χ0) is 18.4. The Hall–Kier alpha value is -2.30. The molecule has 25 heavy (non-hydrogen) atoms. The van der Waals surface area contributed by atoms with Crippen LogP contribution in [0.4, 0.5) is 0 Å². The van der Waals surface area contributed by atoms with E-state index in [9.17, 15) is 9.59 Å². The Labute approximate surface area is 157 Å². The van der Waals surface area contributed by atoms with Crippen LogP contribution in [0.15, 0.2) is 48.5 Å². The van der Waals surface area contributed by atoms with Gasteiger partial charge in [-0.2, -0.15) is 0 Å². The van der Waals surface area contributed by atoms with Gasteiger partial charge in [0.15, 0.2) is 0 Å². The summed E-state index contributed by atoms with van der Waals surface area (Å²) in [7, 11) is 3.41. The van der Waals surface area contributed by atoms with E-state index in [1.54, 1.807) is 50.5 Å². The van der Waals surface area contributed by atoms with Gasteiger partial charge in [-0.05, 0) is 41.5 Å². The molecular weight excluding hydrogens is 359 g/mol. The van der Waals surface area contributed by atoms with Crippen LogP contribution < -0.4 is 5.32 Å². The first-order valence-corrected chi connectivity index (χ1v) is 8.34. The smallest absolute Gasteiger partial charge is 0.253 e. The molecule has 0 fully saturated rings. The maximum absolute atomic E-state index is 11.9. The van der Waals surface area contributed by atoms with Crippen molar-refractivity contribution >= 4 is 41.1 Å². The van der Waals surface area contributed by atoms with Crippen molar-refractivity contribution in [2.24, 2.45) is 0 Å². The first kappa shape index (κ1) is 19.0. The molecule has 2 amide bonds. The van der Waals surface area contributed by atoms with Crippen LogP contribution in [0.25, 0.3) is 6.08 Å². The van der Waals surface area contributed by atoms with E-state index >= 15 is 0 Å². The Bertz CT molecular complexity index is 800. The molecule has 4 nitrogen and oxygen atoms in total. The topological polar surface area (TPSA) is 49.4 Å². The van der Waals surface area contributed by atoms with Gasteiger partial charge in [0, 0.05) is 32.3 Å². The summed E-state index contributed by atoms with van der Waals surface area (Å²) >= 11 is 11.8. The molecule has 0 unspecified atom stereocenters. The van der Waals surface area contributed by atoms with Crippen molar-refractivity contribution in [2.75, 3.05) is 14.1 Å². The normalized spacial score (nSPS) is 10.7. The summed E-state index contributed by atoms with van der Waals surface area (Å²) in [5.74, 6) is -0.278. The third-order valence-corrected chi connectivity index (χ3v) is 4.18. The molecule has 2 rings (SSSR count). The highest BCUT2D eigenvalue weighted by atomic mass is 35.5. The molecular formula is C19H18Cl2N2O2. The standard InChI is InChI=1S/C19H18Cl2N2O2/c1-23(2)19(25)15-7-3-14(4-8-15)12-22-18(24)10-6-13-5-9-16(20)17(21)11-13/h3-11H,12H2,1-2H3,(H,22,24)/b10-6+. The van der Waals surface area contributed by atoms with E-state index in [-0.39, 0.29) is 11.8 Å². The van der Waals surface area contributed by atoms with Crippen molar-refractivity contribution in [3.05, 3.63) is 75.3 Å². The summed E-state index contributed by atoms with van der Waals surface area (Å²) in [6.45, 7) is 0.376. The summed E-state index contributed by atoms with van der Waals surface area (Å²) in [6, 6.07) is 12.3. The molecule has 0 aliphatic heterocycles. The van der Waals surface area contributed by atoms with E-state index in [0.29, 0.717) is 22.2 Å². The van der Waals surface area contributed by atoms with Crippen molar-refractivity contribution in [3.63, 3.8) is 0 Å². The molecule has 0 radical (unpaired) electrons. The predicted molar refractivity (Wildman–Crippen MR) is 102 cm³/mol. The molecule has 0 aliphatic carbocycles. The first-order chi connectivity index (χ1) is 11.9. The van der Waals surface area contributed by atoms with Crippen LogP contribution in [0.2, 0.25) is 10.0 Å². The maximum Gasteiger partial charge on any atom is 0.253 e. The van der Waals surface area contributed by atoms with Gasteiger partial charge in [0.2, 0.25) is 5.91 Å². The van der Waals surface area contributed by atoms with Crippen LogP contribution in [0.1, 0.15) is 21.5 Å². The lowest BCUT2D eigenvalue weighted by Crippen LogP contribution is -2.22. The second-order valence-corrected chi connectivity index (χ2v) is 6.44. The number of amides is 2. The molecule has 6 heteroatoms. The molecule has 0 saturated carbocycles. The van der Waals surface area contributed by atoms with Gasteiger partial charge in [-0.1, -0.05) is 41.4 Å². The third-order valence-electron chi connectivity index (χ3n) is 3.44. The van der Waals surface area contributed by atoms with E-state index in [1.165, 1.54) is 11.0 Å². The minimum absolute atomic E-state index is 0.0554. The van der Waals surface area contributed by atoms with Crippen LogP contribution >= 0.6 is 23.2 Å². The zero-order valence-corrected chi connectivity index (χ0v) is 15.4. The lowest BCUT2D eigenvalue weighted by Gasteiger charge is -2.10. The average molecular weight is 377 g/mol. The van der Waals surface area contributed by atoms with Crippen LogP contribution in [-0.4, -0.2) is 30.8 Å². The maximum atomic E-state index is 11.9. The molecule has 0 aliphatic rings. The number of carbonyl (C=O) groups excluding carboxylic acids is 2. The molecule has 0 aromatic heterocycles. The first-order valence-electron chi connectivity index (χ1n) is 7.58. The molecule has 0 heterocycles. The summed E-state index contributed by atoms with van der Waals surface area (Å²) in [5.41, 5.74) is 2.31. The van der Waals surface area contributed by atoms with E-state index in [2.05, 4.69) is 5.32 Å². The average Bonchev–Trinajstić information content (AvgIpc) is 2.60. The molecule has 0 spiro atoms. The van der Waals surface area contributed by atoms with Gasteiger partial charge in [-0.3, -0.25) is 9.59 Å². The fraction of sp³-hybridized carbons (Fsp3) is 0.158. The predicted octanol–water partition coefficient (Wildman–Crippen LogP) is 4.02. The molecule has 2 aromatic rings. The van der Waals surface area contributed by atoms with Gasteiger partial charge in [0.25, 0.3) is 5.91 Å². The third kappa shape index (κ3) is 5.62. The molecule has 0 atom stereocenters. The Morgan fingerprint density at radius 2 is 1.72 bits per heavy atom. The largest absolute Gasteiger partial charge is 0.348 e. The lowest BCUT2D eigenvalue weighted by molar-refractivity contribution is -0.116.